The van der Waals surface area contributed by atoms with Crippen molar-refractivity contribution >= 4 is 22.4 Å². The van der Waals surface area contributed by atoms with Gasteiger partial charge in [-0.15, -0.1) is 12.4 Å². The molecule has 0 bridgehead atoms. The molecule has 0 aromatic heterocycles. The Morgan fingerprint density at radius 3 is 2.36 bits per heavy atom. The molecule has 0 atom stereocenters. The average Bonchev–Trinajstić information content (AvgIpc) is 2.61. The van der Waals surface area contributed by atoms with Crippen LogP contribution in [0.15, 0.2) is 23.1 Å². The summed E-state index contributed by atoms with van der Waals surface area (Å²) in [6.07, 6.45) is 4.27. The molecule has 7 heteroatoms. The highest BCUT2D eigenvalue weighted by Crippen LogP contribution is 2.24. The highest BCUT2D eigenvalue weighted by Gasteiger charge is 2.29. The third-order valence-corrected chi connectivity index (χ3v) is 6.57. The molecule has 1 aromatic carbocycles. The molecule has 0 amide bonds. The number of halogens is 1. The van der Waals surface area contributed by atoms with E-state index in [0.717, 1.165) is 37.7 Å². The molecule has 5 nitrogen and oxygen atoms in total. The fourth-order valence-corrected chi connectivity index (χ4v) is 4.68. The van der Waals surface area contributed by atoms with E-state index in [-0.39, 0.29) is 18.5 Å². The van der Waals surface area contributed by atoms with Crippen molar-refractivity contribution in [3.05, 3.63) is 29.3 Å². The Balaban J connectivity index is 0.00000312. The number of benzene rings is 1. The van der Waals surface area contributed by atoms with Gasteiger partial charge in [0.05, 0.1) is 11.0 Å². The second kappa shape index (κ2) is 10.5. The molecule has 0 unspecified atom stereocenters. The van der Waals surface area contributed by atoms with Crippen LogP contribution in [0, 0.1) is 0 Å². The zero-order chi connectivity index (χ0) is 17.6. The second-order valence-electron chi connectivity index (χ2n) is 6.25. The van der Waals surface area contributed by atoms with E-state index in [1.165, 1.54) is 5.56 Å². The van der Waals surface area contributed by atoms with Crippen LogP contribution in [0.3, 0.4) is 0 Å². The summed E-state index contributed by atoms with van der Waals surface area (Å²) in [6, 6.07) is 5.55. The molecule has 2 rings (SSSR count). The third-order valence-electron chi connectivity index (χ3n) is 4.68. The Bertz CT molecular complexity index is 629. The van der Waals surface area contributed by atoms with E-state index < -0.39 is 10.0 Å². The molecule has 1 heterocycles. The number of nitrogens with two attached hydrogens (primary N) is 1. The maximum atomic E-state index is 12.9. The van der Waals surface area contributed by atoms with Crippen molar-refractivity contribution in [1.29, 1.82) is 0 Å². The van der Waals surface area contributed by atoms with E-state index in [9.17, 15) is 8.42 Å². The number of nitrogens with zero attached hydrogens (tertiary/aromatic N) is 1. The normalized spacial score (nSPS) is 16.6. The molecular formula is C18H31ClN2O3S. The Hall–Kier alpha value is -0.660. The zero-order valence-electron chi connectivity index (χ0n) is 15.2. The highest BCUT2D eigenvalue weighted by atomic mass is 35.5. The van der Waals surface area contributed by atoms with Gasteiger partial charge < -0.3 is 10.5 Å². The topological polar surface area (TPSA) is 72.6 Å². The summed E-state index contributed by atoms with van der Waals surface area (Å²) in [7, 11) is -3.41. The molecule has 0 aliphatic carbocycles. The number of rotatable bonds is 8. The van der Waals surface area contributed by atoms with Gasteiger partial charge in [-0.1, -0.05) is 19.9 Å². The predicted octanol–water partition coefficient (Wildman–Crippen LogP) is 2.75. The van der Waals surface area contributed by atoms with Crippen LogP contribution in [-0.4, -0.2) is 45.1 Å². The molecule has 1 aromatic rings. The van der Waals surface area contributed by atoms with Crippen molar-refractivity contribution in [3.8, 4) is 0 Å². The Morgan fingerprint density at radius 2 is 1.80 bits per heavy atom. The second-order valence-corrected chi connectivity index (χ2v) is 8.19. The van der Waals surface area contributed by atoms with Crippen LogP contribution in [0.25, 0.3) is 0 Å². The van der Waals surface area contributed by atoms with Crippen molar-refractivity contribution < 1.29 is 13.2 Å². The minimum absolute atomic E-state index is 0. The van der Waals surface area contributed by atoms with Crippen LogP contribution in [0.4, 0.5) is 0 Å². The SMILES string of the molecule is CCc1ccc(S(=O)(=O)N2CCC(OCCCN)CC2)cc1CC.Cl. The van der Waals surface area contributed by atoms with E-state index >= 15 is 0 Å². The van der Waals surface area contributed by atoms with Crippen molar-refractivity contribution in [2.45, 2.75) is 57.0 Å². The molecule has 1 fully saturated rings. The van der Waals surface area contributed by atoms with Gasteiger partial charge in [0.15, 0.2) is 0 Å². The summed E-state index contributed by atoms with van der Waals surface area (Å²) in [4.78, 5) is 0.416. The number of aryl methyl sites for hydroxylation is 2. The van der Waals surface area contributed by atoms with Gasteiger partial charge in [0.2, 0.25) is 10.0 Å². The van der Waals surface area contributed by atoms with Gasteiger partial charge in [0.1, 0.15) is 0 Å². The number of sulfonamides is 1. The summed E-state index contributed by atoms with van der Waals surface area (Å²) < 4.78 is 33.1. The predicted molar refractivity (Wildman–Crippen MR) is 104 cm³/mol. The molecule has 25 heavy (non-hydrogen) atoms. The van der Waals surface area contributed by atoms with Gasteiger partial charge >= 0.3 is 0 Å². The van der Waals surface area contributed by atoms with Gasteiger partial charge in [-0.05, 0) is 61.9 Å². The number of ether oxygens (including phenoxy) is 1. The average molecular weight is 391 g/mol. The number of hydrogen-bond acceptors (Lipinski definition) is 4. The number of hydrogen-bond donors (Lipinski definition) is 1. The minimum Gasteiger partial charge on any atom is -0.378 e. The van der Waals surface area contributed by atoms with Crippen LogP contribution in [0.1, 0.15) is 44.2 Å². The lowest BCUT2D eigenvalue weighted by atomic mass is 10.0. The van der Waals surface area contributed by atoms with E-state index in [0.29, 0.717) is 31.1 Å². The zero-order valence-corrected chi connectivity index (χ0v) is 16.9. The van der Waals surface area contributed by atoms with E-state index in [2.05, 4.69) is 13.8 Å². The Labute approximate surface area is 158 Å². The molecule has 0 spiro atoms. The van der Waals surface area contributed by atoms with E-state index in [1.54, 1.807) is 10.4 Å². The third kappa shape index (κ3) is 5.66. The van der Waals surface area contributed by atoms with E-state index in [1.807, 2.05) is 12.1 Å². The molecular weight excluding hydrogens is 360 g/mol. The van der Waals surface area contributed by atoms with Crippen molar-refractivity contribution in [2.75, 3.05) is 26.2 Å². The van der Waals surface area contributed by atoms with Gasteiger partial charge in [-0.3, -0.25) is 0 Å². The summed E-state index contributed by atoms with van der Waals surface area (Å²) in [5.41, 5.74) is 7.81. The lowest BCUT2D eigenvalue weighted by Crippen LogP contribution is -2.41. The number of piperidine rings is 1. The minimum atomic E-state index is -3.41. The quantitative estimate of drug-likeness (QED) is 0.692. The maximum absolute atomic E-state index is 12.9. The van der Waals surface area contributed by atoms with Gasteiger partial charge in [-0.2, -0.15) is 4.31 Å². The smallest absolute Gasteiger partial charge is 0.243 e. The molecule has 1 saturated heterocycles. The molecule has 0 saturated carbocycles. The highest BCUT2D eigenvalue weighted by molar-refractivity contribution is 7.89. The fourth-order valence-electron chi connectivity index (χ4n) is 3.16. The first-order valence-electron chi connectivity index (χ1n) is 8.96. The molecule has 1 aliphatic heterocycles. The van der Waals surface area contributed by atoms with Gasteiger partial charge in [-0.25, -0.2) is 8.42 Å². The fraction of sp³-hybridized carbons (Fsp3) is 0.667. The molecule has 2 N–H and O–H groups in total. The molecule has 0 radical (unpaired) electrons. The lowest BCUT2D eigenvalue weighted by Gasteiger charge is -2.31. The first-order chi connectivity index (χ1) is 11.5. The van der Waals surface area contributed by atoms with Crippen LogP contribution >= 0.6 is 12.4 Å². The molecule has 144 valence electrons. The Kier molecular flexibility index (Phi) is 9.38. The van der Waals surface area contributed by atoms with E-state index in [4.69, 9.17) is 10.5 Å². The summed E-state index contributed by atoms with van der Waals surface area (Å²) in [6.45, 7) is 6.49. The lowest BCUT2D eigenvalue weighted by molar-refractivity contribution is 0.0209. The Morgan fingerprint density at radius 1 is 1.16 bits per heavy atom. The maximum Gasteiger partial charge on any atom is 0.243 e. The van der Waals surface area contributed by atoms with Crippen LogP contribution in [0.5, 0.6) is 0 Å². The summed E-state index contributed by atoms with van der Waals surface area (Å²) >= 11 is 0. The van der Waals surface area contributed by atoms with Crippen LogP contribution in [-0.2, 0) is 27.6 Å². The summed E-state index contributed by atoms with van der Waals surface area (Å²) in [5, 5.41) is 0. The van der Waals surface area contributed by atoms with Crippen LogP contribution < -0.4 is 5.73 Å². The monoisotopic (exact) mass is 390 g/mol. The largest absolute Gasteiger partial charge is 0.378 e. The van der Waals surface area contributed by atoms with Crippen molar-refractivity contribution in [2.24, 2.45) is 5.73 Å². The molecule has 1 aliphatic rings. The van der Waals surface area contributed by atoms with Gasteiger partial charge in [0, 0.05) is 19.7 Å². The first-order valence-corrected chi connectivity index (χ1v) is 10.4. The van der Waals surface area contributed by atoms with Crippen molar-refractivity contribution in [1.82, 2.24) is 4.31 Å². The summed E-state index contributed by atoms with van der Waals surface area (Å²) in [5.74, 6) is 0. The standard InChI is InChI=1S/C18H30N2O3S.ClH/c1-3-15-6-7-18(14-16(15)4-2)24(21,22)20-11-8-17(9-12-20)23-13-5-10-19;/h6-7,14,17H,3-5,8-13,19H2,1-2H3;1H. The van der Waals surface area contributed by atoms with Crippen LogP contribution in [0.2, 0.25) is 0 Å². The van der Waals surface area contributed by atoms with Gasteiger partial charge in [0.25, 0.3) is 0 Å². The first kappa shape index (κ1) is 22.4. The van der Waals surface area contributed by atoms with Crippen molar-refractivity contribution in [3.63, 3.8) is 0 Å².